The van der Waals surface area contributed by atoms with E-state index in [1.54, 1.807) is 0 Å². The zero-order valence-electron chi connectivity index (χ0n) is 9.09. The van der Waals surface area contributed by atoms with Crippen LogP contribution in [0.3, 0.4) is 0 Å². The average molecular weight is 216 g/mol. The Bertz CT molecular complexity index is 168. The molecule has 0 N–H and O–H groups in total. The predicted octanol–water partition coefficient (Wildman–Crippen LogP) is 2.84. The Labute approximate surface area is 83.5 Å². The fraction of sp³-hybridized carbons (Fsp3) is 0.556. The summed E-state index contributed by atoms with van der Waals surface area (Å²) in [5.74, 6) is 0. The van der Waals surface area contributed by atoms with Gasteiger partial charge in [0.1, 0.15) is 6.79 Å². The molecule has 0 aromatic carbocycles. The molecule has 0 saturated heterocycles. The van der Waals surface area contributed by atoms with Crippen molar-refractivity contribution in [3.8, 4) is 0 Å². The first-order valence-electron chi connectivity index (χ1n) is 4.38. The molecule has 0 heterocycles. The lowest BCUT2D eigenvalue weighted by Gasteiger charge is -2.23. The van der Waals surface area contributed by atoms with Crippen molar-refractivity contribution in [2.45, 2.75) is 26.2 Å². The topological polar surface area (TPSA) is 18.5 Å². The van der Waals surface area contributed by atoms with Crippen molar-refractivity contribution in [2.75, 3.05) is 6.79 Å². The molecule has 0 rings (SSSR count). The molecule has 0 spiro atoms. The van der Waals surface area contributed by atoms with Gasteiger partial charge in [-0.1, -0.05) is 11.4 Å². The first-order chi connectivity index (χ1) is 5.83. The van der Waals surface area contributed by atoms with Crippen LogP contribution < -0.4 is 0 Å². The van der Waals surface area contributed by atoms with Crippen LogP contribution in [0, 0.1) is 0 Å². The Morgan fingerprint density at radius 3 is 1.46 bits per heavy atom. The molecule has 0 fully saturated rings. The first kappa shape index (κ1) is 12.8. The molecule has 13 heavy (non-hydrogen) atoms. The number of hydrogen-bond donors (Lipinski definition) is 0. The van der Waals surface area contributed by atoms with Crippen LogP contribution in [0.4, 0.5) is 0 Å². The van der Waals surface area contributed by atoms with Gasteiger partial charge in [-0.15, -0.1) is 13.2 Å². The zero-order valence-corrected chi connectivity index (χ0v) is 11.1. The SMILES string of the molecule is C=C[Si](C)(C)OCO[Si](C)(C)C=C. The second-order valence-corrected chi connectivity index (χ2v) is 11.8. The first-order valence-corrected chi connectivity index (χ1v) is 10.4. The summed E-state index contributed by atoms with van der Waals surface area (Å²) in [6.45, 7) is 16.2. The molecule has 0 radical (unpaired) electrons. The van der Waals surface area contributed by atoms with Gasteiger partial charge in [-0.2, -0.15) is 0 Å². The van der Waals surface area contributed by atoms with Crippen molar-refractivity contribution < 1.29 is 8.85 Å². The van der Waals surface area contributed by atoms with E-state index in [-0.39, 0.29) is 0 Å². The van der Waals surface area contributed by atoms with Crippen LogP contribution in [0.15, 0.2) is 24.6 Å². The Balaban J connectivity index is 3.80. The summed E-state index contributed by atoms with van der Waals surface area (Å²) in [7, 11) is -3.33. The smallest absolute Gasteiger partial charge is 0.213 e. The van der Waals surface area contributed by atoms with Crippen LogP contribution in [-0.4, -0.2) is 23.4 Å². The van der Waals surface area contributed by atoms with E-state index in [9.17, 15) is 0 Å². The second kappa shape index (κ2) is 4.90. The lowest BCUT2D eigenvalue weighted by Crippen LogP contribution is -2.34. The van der Waals surface area contributed by atoms with E-state index in [1.807, 2.05) is 11.4 Å². The molecule has 2 nitrogen and oxygen atoms in total. The third kappa shape index (κ3) is 5.98. The van der Waals surface area contributed by atoms with E-state index in [4.69, 9.17) is 8.85 Å². The van der Waals surface area contributed by atoms with E-state index in [0.717, 1.165) is 0 Å². The summed E-state index contributed by atoms with van der Waals surface area (Å²) >= 11 is 0. The normalized spacial score (nSPS) is 12.6. The third-order valence-electron chi connectivity index (χ3n) is 1.85. The standard InChI is InChI=1S/C9H20O2Si2/c1-7-12(3,4)10-9-11-13(5,6)8-2/h7-8H,1-2,9H2,3-6H3. The van der Waals surface area contributed by atoms with E-state index in [1.165, 1.54) is 0 Å². The van der Waals surface area contributed by atoms with Gasteiger partial charge in [-0.3, -0.25) is 0 Å². The summed E-state index contributed by atoms with van der Waals surface area (Å²) < 4.78 is 11.2. The van der Waals surface area contributed by atoms with E-state index in [2.05, 4.69) is 39.3 Å². The van der Waals surface area contributed by atoms with Gasteiger partial charge in [0.25, 0.3) is 0 Å². The maximum atomic E-state index is 5.60. The number of rotatable bonds is 6. The molecule has 0 unspecified atom stereocenters. The van der Waals surface area contributed by atoms with Crippen molar-refractivity contribution in [1.29, 1.82) is 0 Å². The van der Waals surface area contributed by atoms with Gasteiger partial charge in [0, 0.05) is 0 Å². The molecular formula is C9H20O2Si2. The largest absolute Gasteiger partial charge is 0.392 e. The highest BCUT2D eigenvalue weighted by Gasteiger charge is 2.21. The van der Waals surface area contributed by atoms with Crippen LogP contribution in [0.1, 0.15) is 0 Å². The molecule has 0 aliphatic carbocycles. The van der Waals surface area contributed by atoms with E-state index >= 15 is 0 Å². The van der Waals surface area contributed by atoms with Gasteiger partial charge in [-0.25, -0.2) is 0 Å². The molecule has 0 saturated carbocycles. The second-order valence-electron chi connectivity index (χ2n) is 4.02. The van der Waals surface area contributed by atoms with Crippen molar-refractivity contribution in [3.63, 3.8) is 0 Å². The molecule has 76 valence electrons. The maximum absolute atomic E-state index is 5.60. The van der Waals surface area contributed by atoms with Gasteiger partial charge in [0.2, 0.25) is 16.6 Å². The quantitative estimate of drug-likeness (QED) is 0.502. The Morgan fingerprint density at radius 1 is 0.923 bits per heavy atom. The Kier molecular flexibility index (Phi) is 4.84. The van der Waals surface area contributed by atoms with Gasteiger partial charge >= 0.3 is 0 Å². The number of hydrogen-bond acceptors (Lipinski definition) is 2. The Hall–Kier alpha value is -0.166. The van der Waals surface area contributed by atoms with Crippen molar-refractivity contribution in [1.82, 2.24) is 0 Å². The molecule has 0 aromatic rings. The minimum atomic E-state index is -1.66. The summed E-state index contributed by atoms with van der Waals surface area (Å²) in [5.41, 5.74) is 3.80. The summed E-state index contributed by atoms with van der Waals surface area (Å²) in [4.78, 5) is 0. The van der Waals surface area contributed by atoms with Crippen molar-refractivity contribution >= 4 is 16.6 Å². The van der Waals surface area contributed by atoms with Crippen molar-refractivity contribution in [2.24, 2.45) is 0 Å². The fourth-order valence-corrected chi connectivity index (χ4v) is 1.53. The third-order valence-corrected chi connectivity index (χ3v) is 5.54. The highest BCUT2D eigenvalue weighted by molar-refractivity contribution is 6.77. The monoisotopic (exact) mass is 216 g/mol. The predicted molar refractivity (Wildman–Crippen MR) is 62.4 cm³/mol. The fourth-order valence-electron chi connectivity index (χ4n) is 0.451. The van der Waals surface area contributed by atoms with Crippen LogP contribution in [-0.2, 0) is 8.85 Å². The van der Waals surface area contributed by atoms with Crippen LogP contribution in [0.2, 0.25) is 26.2 Å². The van der Waals surface area contributed by atoms with Crippen molar-refractivity contribution in [3.05, 3.63) is 24.6 Å². The van der Waals surface area contributed by atoms with E-state index in [0.29, 0.717) is 6.79 Å². The molecule has 0 aliphatic rings. The minimum Gasteiger partial charge on any atom is -0.392 e. The molecular weight excluding hydrogens is 196 g/mol. The highest BCUT2D eigenvalue weighted by Crippen LogP contribution is 2.09. The van der Waals surface area contributed by atoms with Gasteiger partial charge in [0.15, 0.2) is 0 Å². The average Bonchev–Trinajstić information content (AvgIpc) is 2.04. The van der Waals surface area contributed by atoms with Gasteiger partial charge in [0.05, 0.1) is 0 Å². The summed E-state index contributed by atoms with van der Waals surface area (Å²) in [5, 5.41) is 0. The zero-order chi connectivity index (χ0) is 10.5. The van der Waals surface area contributed by atoms with E-state index < -0.39 is 16.6 Å². The van der Waals surface area contributed by atoms with Crippen LogP contribution in [0.5, 0.6) is 0 Å². The maximum Gasteiger partial charge on any atom is 0.213 e. The lowest BCUT2D eigenvalue weighted by atomic mass is 11.3. The van der Waals surface area contributed by atoms with Gasteiger partial charge < -0.3 is 8.85 Å². The summed E-state index contributed by atoms with van der Waals surface area (Å²) in [6.07, 6.45) is 0. The Morgan fingerprint density at radius 2 is 1.23 bits per heavy atom. The summed E-state index contributed by atoms with van der Waals surface area (Å²) in [6, 6.07) is 0. The molecule has 0 aliphatic heterocycles. The minimum absolute atomic E-state index is 0.372. The molecule has 0 atom stereocenters. The van der Waals surface area contributed by atoms with Gasteiger partial charge in [-0.05, 0) is 26.2 Å². The molecule has 0 aromatic heterocycles. The highest BCUT2D eigenvalue weighted by atomic mass is 28.4. The van der Waals surface area contributed by atoms with Crippen LogP contribution in [0.25, 0.3) is 0 Å². The lowest BCUT2D eigenvalue weighted by molar-refractivity contribution is 0.110. The molecule has 0 bridgehead atoms. The molecule has 4 heteroatoms. The van der Waals surface area contributed by atoms with Crippen LogP contribution >= 0.6 is 0 Å². The molecule has 0 amide bonds.